The summed E-state index contributed by atoms with van der Waals surface area (Å²) in [5.74, 6) is 0.654. The van der Waals surface area contributed by atoms with Crippen LogP contribution in [0, 0.1) is 0 Å². The lowest BCUT2D eigenvalue weighted by Crippen LogP contribution is -2.03. The highest BCUT2D eigenvalue weighted by Crippen LogP contribution is 2.42. The van der Waals surface area contributed by atoms with Crippen molar-refractivity contribution in [1.29, 1.82) is 0 Å². The fourth-order valence-electron chi connectivity index (χ4n) is 8.69. The summed E-state index contributed by atoms with van der Waals surface area (Å²) < 4.78 is 7.22. The second-order valence-corrected chi connectivity index (χ2v) is 15.2. The summed E-state index contributed by atoms with van der Waals surface area (Å²) in [6, 6.07) is 65.3. The normalized spacial score (nSPS) is 12.0. The Morgan fingerprint density at radius 1 is 0.382 bits per heavy atom. The van der Waals surface area contributed by atoms with E-state index in [9.17, 15) is 0 Å². The molecule has 0 fully saturated rings. The number of rotatable bonds is 4. The molecule has 0 aliphatic rings. The molecule has 0 bridgehead atoms. The number of para-hydroxylation sites is 3. The van der Waals surface area contributed by atoms with Gasteiger partial charge in [-0.25, -0.2) is 9.97 Å². The summed E-state index contributed by atoms with van der Waals surface area (Å²) in [5, 5.41) is 8.45. The number of aromatic nitrogens is 4. The third kappa shape index (κ3) is 4.51. The van der Waals surface area contributed by atoms with Crippen LogP contribution in [0.2, 0.25) is 0 Å². The lowest BCUT2D eigenvalue weighted by atomic mass is 9.99. The zero-order valence-electron chi connectivity index (χ0n) is 29.5. The molecule has 55 heavy (non-hydrogen) atoms. The molecule has 0 saturated heterocycles. The van der Waals surface area contributed by atoms with Crippen molar-refractivity contribution in [2.24, 2.45) is 0 Å². The lowest BCUT2D eigenvalue weighted by Gasteiger charge is -2.13. The molecule has 4 heterocycles. The Kier molecular flexibility index (Phi) is 6.47. The van der Waals surface area contributed by atoms with Crippen molar-refractivity contribution < 1.29 is 0 Å². The van der Waals surface area contributed by atoms with Gasteiger partial charge in [0.1, 0.15) is 0 Å². The van der Waals surface area contributed by atoms with Crippen LogP contribution in [0.15, 0.2) is 182 Å². The van der Waals surface area contributed by atoms with Crippen molar-refractivity contribution in [3.8, 4) is 34.0 Å². The third-order valence-electron chi connectivity index (χ3n) is 11.1. The van der Waals surface area contributed by atoms with Gasteiger partial charge in [0.15, 0.2) is 0 Å². The molecule has 8 aromatic carbocycles. The van der Waals surface area contributed by atoms with E-state index in [2.05, 4.69) is 191 Å². The van der Waals surface area contributed by atoms with E-state index < -0.39 is 0 Å². The molecule has 0 saturated carbocycles. The van der Waals surface area contributed by atoms with Crippen LogP contribution in [0.3, 0.4) is 0 Å². The van der Waals surface area contributed by atoms with Gasteiger partial charge < -0.3 is 4.57 Å². The largest absolute Gasteiger partial charge is 0.309 e. The van der Waals surface area contributed by atoms with Gasteiger partial charge in [0.2, 0.25) is 5.95 Å². The molecule has 5 heteroatoms. The molecule has 12 rings (SSSR count). The van der Waals surface area contributed by atoms with Crippen molar-refractivity contribution in [2.75, 3.05) is 0 Å². The van der Waals surface area contributed by atoms with E-state index >= 15 is 0 Å². The number of benzene rings is 8. The standard InChI is InChI=1S/C50H30N4S/c1-2-13-31(14-3-1)48-41-29-32(34-19-12-20-39-38-18-7-11-24-47(38)55-49(34)39)25-27-42(41)51-50(52-48)54-45-23-10-6-17-37(45)40-30-33(26-28-46(40)54)53-43-21-8-4-15-35(43)36-16-5-9-22-44(36)53/h1-30H. The van der Waals surface area contributed by atoms with E-state index in [1.807, 2.05) is 11.3 Å². The van der Waals surface area contributed by atoms with Gasteiger partial charge in [0, 0.05) is 58.4 Å². The monoisotopic (exact) mass is 718 g/mol. The second-order valence-electron chi connectivity index (χ2n) is 14.2. The highest BCUT2D eigenvalue weighted by molar-refractivity contribution is 7.26. The van der Waals surface area contributed by atoms with Gasteiger partial charge in [-0.05, 0) is 65.7 Å². The van der Waals surface area contributed by atoms with E-state index in [1.54, 1.807) is 0 Å². The Morgan fingerprint density at radius 3 is 1.76 bits per heavy atom. The van der Waals surface area contributed by atoms with Crippen LogP contribution in [0.4, 0.5) is 0 Å². The first-order valence-corrected chi connectivity index (χ1v) is 19.4. The average molecular weight is 719 g/mol. The fraction of sp³-hybridized carbons (Fsp3) is 0. The van der Waals surface area contributed by atoms with E-state index in [0.29, 0.717) is 5.95 Å². The molecule has 256 valence electrons. The van der Waals surface area contributed by atoms with Crippen molar-refractivity contribution in [2.45, 2.75) is 0 Å². The SMILES string of the molecule is c1ccc(-c2nc(-n3c4ccccc4c4cc(-n5c6ccccc6c6ccccc65)ccc43)nc3ccc(-c4cccc5c4sc4ccccc45)cc23)cc1. The topological polar surface area (TPSA) is 35.6 Å². The predicted molar refractivity (Wildman–Crippen MR) is 232 cm³/mol. The quantitative estimate of drug-likeness (QED) is 0.182. The zero-order chi connectivity index (χ0) is 36.0. The minimum Gasteiger partial charge on any atom is -0.309 e. The average Bonchev–Trinajstić information content (AvgIpc) is 3.91. The molecule has 0 amide bonds. The molecule has 0 radical (unpaired) electrons. The number of fused-ring (bicyclic) bond motifs is 10. The van der Waals surface area contributed by atoms with Crippen molar-refractivity contribution in [3.05, 3.63) is 182 Å². The summed E-state index contributed by atoms with van der Waals surface area (Å²) in [6.07, 6.45) is 0. The van der Waals surface area contributed by atoms with Gasteiger partial charge in [-0.15, -0.1) is 11.3 Å². The molecule has 4 nitrogen and oxygen atoms in total. The number of thiophene rings is 1. The van der Waals surface area contributed by atoms with Crippen LogP contribution in [-0.2, 0) is 0 Å². The molecule has 0 aliphatic carbocycles. The maximum absolute atomic E-state index is 5.45. The number of hydrogen-bond donors (Lipinski definition) is 0. The summed E-state index contributed by atoms with van der Waals surface area (Å²) in [4.78, 5) is 10.8. The molecular weight excluding hydrogens is 689 g/mol. The van der Waals surface area contributed by atoms with Crippen LogP contribution in [0.5, 0.6) is 0 Å². The number of hydrogen-bond acceptors (Lipinski definition) is 3. The second kappa shape index (κ2) is 11.7. The Bertz CT molecular complexity index is 3440. The van der Waals surface area contributed by atoms with E-state index in [4.69, 9.17) is 9.97 Å². The van der Waals surface area contributed by atoms with Gasteiger partial charge in [0.25, 0.3) is 0 Å². The zero-order valence-corrected chi connectivity index (χ0v) is 30.3. The van der Waals surface area contributed by atoms with Crippen LogP contribution in [-0.4, -0.2) is 19.1 Å². The van der Waals surface area contributed by atoms with E-state index in [1.165, 1.54) is 47.5 Å². The van der Waals surface area contributed by atoms with E-state index in [-0.39, 0.29) is 0 Å². The molecule has 0 spiro atoms. The highest BCUT2D eigenvalue weighted by Gasteiger charge is 2.20. The molecule has 4 aromatic heterocycles. The molecule has 0 atom stereocenters. The summed E-state index contributed by atoms with van der Waals surface area (Å²) >= 11 is 1.86. The predicted octanol–water partition coefficient (Wildman–Crippen LogP) is 13.5. The Labute approximate surface area is 319 Å². The first-order chi connectivity index (χ1) is 27.3. The van der Waals surface area contributed by atoms with Crippen molar-refractivity contribution in [3.63, 3.8) is 0 Å². The molecule has 0 aliphatic heterocycles. The van der Waals surface area contributed by atoms with Gasteiger partial charge in [-0.1, -0.05) is 127 Å². The minimum absolute atomic E-state index is 0.654. The maximum atomic E-state index is 5.45. The summed E-state index contributed by atoms with van der Waals surface area (Å²) in [5.41, 5.74) is 10.9. The summed E-state index contributed by atoms with van der Waals surface area (Å²) in [7, 11) is 0. The Balaban J connectivity index is 1.09. The Hall–Kier alpha value is -7.08. The van der Waals surface area contributed by atoms with Gasteiger partial charge in [-0.3, -0.25) is 4.57 Å². The van der Waals surface area contributed by atoms with E-state index in [0.717, 1.165) is 55.2 Å². The molecule has 12 aromatic rings. The van der Waals surface area contributed by atoms with Gasteiger partial charge in [-0.2, -0.15) is 0 Å². The fourth-order valence-corrected chi connectivity index (χ4v) is 9.93. The maximum Gasteiger partial charge on any atom is 0.235 e. The van der Waals surface area contributed by atoms with Crippen molar-refractivity contribution in [1.82, 2.24) is 19.1 Å². The Morgan fingerprint density at radius 2 is 1.00 bits per heavy atom. The number of nitrogens with zero attached hydrogens (tertiary/aromatic N) is 4. The van der Waals surface area contributed by atoms with Crippen LogP contribution < -0.4 is 0 Å². The summed E-state index contributed by atoms with van der Waals surface area (Å²) in [6.45, 7) is 0. The smallest absolute Gasteiger partial charge is 0.235 e. The highest BCUT2D eigenvalue weighted by atomic mass is 32.1. The van der Waals surface area contributed by atoms with Gasteiger partial charge >= 0.3 is 0 Å². The lowest BCUT2D eigenvalue weighted by molar-refractivity contribution is 1.01. The first kappa shape index (κ1) is 30.4. The van der Waals surface area contributed by atoms with Crippen LogP contribution >= 0.6 is 11.3 Å². The molecule has 0 N–H and O–H groups in total. The van der Waals surface area contributed by atoms with Crippen LogP contribution in [0.25, 0.3) is 109 Å². The molecular formula is C50H30N4S. The van der Waals surface area contributed by atoms with Gasteiger partial charge in [0.05, 0.1) is 33.3 Å². The van der Waals surface area contributed by atoms with Crippen LogP contribution in [0.1, 0.15) is 0 Å². The minimum atomic E-state index is 0.654. The molecule has 0 unspecified atom stereocenters. The third-order valence-corrected chi connectivity index (χ3v) is 12.4. The van der Waals surface area contributed by atoms with Crippen molar-refractivity contribution >= 4 is 86.0 Å². The first-order valence-electron chi connectivity index (χ1n) is 18.6.